The summed E-state index contributed by atoms with van der Waals surface area (Å²) in [5.41, 5.74) is -0.979. The van der Waals surface area contributed by atoms with Crippen LogP contribution in [-0.4, -0.2) is 25.2 Å². The second-order valence-corrected chi connectivity index (χ2v) is 4.84. The number of carbonyl (C=O) groups excluding carboxylic acids is 1. The van der Waals surface area contributed by atoms with E-state index in [-0.39, 0.29) is 23.4 Å². The molecule has 0 saturated heterocycles. The number of esters is 1. The van der Waals surface area contributed by atoms with Crippen LogP contribution in [0.15, 0.2) is 18.2 Å². The summed E-state index contributed by atoms with van der Waals surface area (Å²) in [5, 5.41) is 0. The number of halogens is 3. The second kappa shape index (κ2) is 6.78. The average molecular weight is 325 g/mol. The molecule has 0 aliphatic heterocycles. The third-order valence-electron chi connectivity index (χ3n) is 3.20. The number of ether oxygens (including phenoxy) is 2. The van der Waals surface area contributed by atoms with Gasteiger partial charge in [-0.25, -0.2) is 22.9 Å². The van der Waals surface area contributed by atoms with Crippen LogP contribution in [0.5, 0.6) is 0 Å². The van der Waals surface area contributed by atoms with Crippen LogP contribution in [0.2, 0.25) is 0 Å². The maximum absolute atomic E-state index is 14.2. The van der Waals surface area contributed by atoms with E-state index in [0.29, 0.717) is 0 Å². The number of methoxy groups -OCH3 is 2. The first-order chi connectivity index (χ1) is 10.9. The van der Waals surface area contributed by atoms with E-state index in [1.165, 1.54) is 14.0 Å². The van der Waals surface area contributed by atoms with Crippen LogP contribution in [0.3, 0.4) is 0 Å². The Morgan fingerprint density at radius 1 is 1.09 bits per heavy atom. The van der Waals surface area contributed by atoms with Gasteiger partial charge in [-0.1, -0.05) is 0 Å². The van der Waals surface area contributed by atoms with Crippen molar-refractivity contribution in [2.75, 3.05) is 14.2 Å². The number of aryl methyl sites for hydroxylation is 1. The van der Waals surface area contributed by atoms with E-state index in [1.807, 2.05) is 0 Å². The van der Waals surface area contributed by atoms with Crippen LogP contribution in [0, 0.1) is 24.4 Å². The van der Waals surface area contributed by atoms with Gasteiger partial charge in [0.25, 0.3) is 0 Å². The molecule has 0 N–H and O–H groups in total. The Hall–Kier alpha value is -2.41. The highest BCUT2D eigenvalue weighted by Crippen LogP contribution is 2.29. The SMILES string of the molecule is COCc1cc(F)c(-c2nc(C(=O)OC)c(C)cc2F)c(F)c1. The van der Waals surface area contributed by atoms with Gasteiger partial charge in [-0.05, 0) is 36.2 Å². The third-order valence-corrected chi connectivity index (χ3v) is 3.20. The summed E-state index contributed by atoms with van der Waals surface area (Å²) in [6, 6.07) is 3.04. The number of pyridine rings is 1. The monoisotopic (exact) mass is 325 g/mol. The van der Waals surface area contributed by atoms with E-state index < -0.39 is 34.7 Å². The lowest BCUT2D eigenvalue weighted by Gasteiger charge is -2.11. The number of aromatic nitrogens is 1. The quantitative estimate of drug-likeness (QED) is 0.808. The zero-order chi connectivity index (χ0) is 17.1. The molecule has 1 heterocycles. The molecule has 23 heavy (non-hydrogen) atoms. The molecule has 0 aliphatic carbocycles. The Balaban J connectivity index is 2.65. The Bertz CT molecular complexity index is 739. The van der Waals surface area contributed by atoms with Crippen molar-refractivity contribution in [2.24, 2.45) is 0 Å². The fourth-order valence-electron chi connectivity index (χ4n) is 2.16. The summed E-state index contributed by atoms with van der Waals surface area (Å²) >= 11 is 0. The molecule has 122 valence electrons. The second-order valence-electron chi connectivity index (χ2n) is 4.84. The van der Waals surface area contributed by atoms with Gasteiger partial charge in [0.05, 0.1) is 19.3 Å². The van der Waals surface area contributed by atoms with Crippen molar-refractivity contribution in [2.45, 2.75) is 13.5 Å². The van der Waals surface area contributed by atoms with E-state index in [1.54, 1.807) is 0 Å². The molecule has 0 radical (unpaired) electrons. The summed E-state index contributed by atoms with van der Waals surface area (Å²) < 4.78 is 51.8. The summed E-state index contributed by atoms with van der Waals surface area (Å²) in [4.78, 5) is 15.4. The molecule has 1 aromatic heterocycles. The minimum atomic E-state index is -0.997. The van der Waals surface area contributed by atoms with E-state index in [9.17, 15) is 18.0 Å². The number of rotatable bonds is 4. The Kier molecular flexibility index (Phi) is 5.00. The van der Waals surface area contributed by atoms with Crippen molar-refractivity contribution in [1.29, 1.82) is 0 Å². The molecule has 0 bridgehead atoms. The third kappa shape index (κ3) is 3.34. The van der Waals surface area contributed by atoms with E-state index >= 15 is 0 Å². The van der Waals surface area contributed by atoms with Gasteiger partial charge in [-0.15, -0.1) is 0 Å². The highest BCUT2D eigenvalue weighted by atomic mass is 19.1. The lowest BCUT2D eigenvalue weighted by Crippen LogP contribution is -2.10. The molecule has 2 aromatic rings. The van der Waals surface area contributed by atoms with Crippen LogP contribution in [-0.2, 0) is 16.1 Å². The molecule has 7 heteroatoms. The predicted molar refractivity (Wildman–Crippen MR) is 76.3 cm³/mol. The van der Waals surface area contributed by atoms with Crippen LogP contribution in [0.1, 0.15) is 21.6 Å². The molecule has 0 spiro atoms. The number of hydrogen-bond acceptors (Lipinski definition) is 4. The summed E-state index contributed by atoms with van der Waals surface area (Å²) in [5.74, 6) is -3.75. The molecule has 0 saturated carbocycles. The van der Waals surface area contributed by atoms with E-state index in [0.717, 1.165) is 25.3 Å². The van der Waals surface area contributed by atoms with Crippen molar-refractivity contribution in [3.05, 3.63) is 52.5 Å². The van der Waals surface area contributed by atoms with Crippen LogP contribution in [0.25, 0.3) is 11.3 Å². The summed E-state index contributed by atoms with van der Waals surface area (Å²) in [6.45, 7) is 1.45. The Labute approximate surface area is 130 Å². The lowest BCUT2D eigenvalue weighted by molar-refractivity contribution is 0.0593. The van der Waals surface area contributed by atoms with Crippen molar-refractivity contribution in [3.8, 4) is 11.3 Å². The molecule has 4 nitrogen and oxygen atoms in total. The number of benzene rings is 1. The molecule has 0 atom stereocenters. The summed E-state index contributed by atoms with van der Waals surface area (Å²) in [6.07, 6.45) is 0. The molecule has 0 aliphatic rings. The maximum Gasteiger partial charge on any atom is 0.356 e. The Morgan fingerprint density at radius 3 is 2.22 bits per heavy atom. The van der Waals surface area contributed by atoms with Gasteiger partial charge in [0.1, 0.15) is 23.1 Å². The maximum atomic E-state index is 14.2. The van der Waals surface area contributed by atoms with Crippen molar-refractivity contribution >= 4 is 5.97 Å². The smallest absolute Gasteiger partial charge is 0.356 e. The highest BCUT2D eigenvalue weighted by molar-refractivity contribution is 5.89. The van der Waals surface area contributed by atoms with Crippen LogP contribution >= 0.6 is 0 Å². The first kappa shape index (κ1) is 17.0. The van der Waals surface area contributed by atoms with E-state index in [4.69, 9.17) is 4.74 Å². The van der Waals surface area contributed by atoms with Gasteiger partial charge in [-0.2, -0.15) is 0 Å². The van der Waals surface area contributed by atoms with Crippen molar-refractivity contribution < 1.29 is 27.4 Å². The van der Waals surface area contributed by atoms with Crippen molar-refractivity contribution in [3.63, 3.8) is 0 Å². The van der Waals surface area contributed by atoms with Gasteiger partial charge < -0.3 is 9.47 Å². The van der Waals surface area contributed by atoms with Crippen LogP contribution in [0.4, 0.5) is 13.2 Å². The number of carbonyl (C=O) groups is 1. The fourth-order valence-corrected chi connectivity index (χ4v) is 2.16. The minimum absolute atomic E-state index is 0.00530. The molecule has 0 amide bonds. The molecule has 1 aromatic carbocycles. The lowest BCUT2D eigenvalue weighted by atomic mass is 10.0. The van der Waals surface area contributed by atoms with Gasteiger partial charge in [0.15, 0.2) is 5.69 Å². The Morgan fingerprint density at radius 2 is 1.70 bits per heavy atom. The standard InChI is InChI=1S/C16H14F3NO3/c1-8-4-12(19)15(20-14(8)16(21)23-3)13-10(17)5-9(7-22-2)6-11(13)18/h4-6H,7H2,1-3H3. The largest absolute Gasteiger partial charge is 0.464 e. The fraction of sp³-hybridized carbons (Fsp3) is 0.250. The number of nitrogens with zero attached hydrogens (tertiary/aromatic N) is 1. The topological polar surface area (TPSA) is 48.4 Å². The zero-order valence-corrected chi connectivity index (χ0v) is 12.7. The molecular weight excluding hydrogens is 311 g/mol. The molecule has 2 rings (SSSR count). The highest BCUT2D eigenvalue weighted by Gasteiger charge is 2.22. The van der Waals surface area contributed by atoms with Crippen molar-refractivity contribution in [1.82, 2.24) is 4.98 Å². The van der Waals surface area contributed by atoms with Gasteiger partial charge >= 0.3 is 5.97 Å². The normalized spacial score (nSPS) is 10.7. The predicted octanol–water partition coefficient (Wildman–Crippen LogP) is 3.41. The molecular formula is C16H14F3NO3. The minimum Gasteiger partial charge on any atom is -0.464 e. The summed E-state index contributed by atoms with van der Waals surface area (Å²) in [7, 11) is 2.51. The average Bonchev–Trinajstić information content (AvgIpc) is 2.48. The van der Waals surface area contributed by atoms with Gasteiger partial charge in [0.2, 0.25) is 0 Å². The van der Waals surface area contributed by atoms with E-state index in [2.05, 4.69) is 9.72 Å². The molecule has 0 fully saturated rings. The van der Waals surface area contributed by atoms with Gasteiger partial charge in [-0.3, -0.25) is 0 Å². The zero-order valence-electron chi connectivity index (χ0n) is 12.7. The first-order valence-electron chi connectivity index (χ1n) is 6.61. The number of hydrogen-bond donors (Lipinski definition) is 0. The van der Waals surface area contributed by atoms with Gasteiger partial charge in [0, 0.05) is 7.11 Å². The van der Waals surface area contributed by atoms with Crippen LogP contribution < -0.4 is 0 Å². The molecule has 0 unspecified atom stereocenters. The first-order valence-corrected chi connectivity index (χ1v) is 6.61.